The lowest BCUT2D eigenvalue weighted by atomic mass is 9.94. The zero-order chi connectivity index (χ0) is 10.0. The van der Waals surface area contributed by atoms with Gasteiger partial charge in [-0.25, -0.2) is 0 Å². The van der Waals surface area contributed by atoms with Gasteiger partial charge in [-0.1, -0.05) is 12.2 Å². The Balaban J connectivity index is 3.00. The maximum atomic E-state index is 11.3. The van der Waals surface area contributed by atoms with Crippen molar-refractivity contribution in [2.45, 2.75) is 0 Å². The molecule has 1 aliphatic rings. The summed E-state index contributed by atoms with van der Waals surface area (Å²) in [6.45, 7) is 0. The van der Waals surface area contributed by atoms with Crippen molar-refractivity contribution >= 4 is 39.5 Å². The summed E-state index contributed by atoms with van der Waals surface area (Å²) in [6, 6.07) is 0. The zero-order valence-electron chi connectivity index (χ0n) is 6.29. The van der Waals surface area contributed by atoms with Crippen LogP contribution in [0.1, 0.15) is 0 Å². The van der Waals surface area contributed by atoms with Gasteiger partial charge >= 0.3 is 0 Å². The summed E-state index contributed by atoms with van der Waals surface area (Å²) in [5, 5.41) is -1.69. The third-order valence-electron chi connectivity index (χ3n) is 1.57. The van der Waals surface area contributed by atoms with Crippen molar-refractivity contribution in [3.8, 4) is 0 Å². The topological polar surface area (TPSA) is 51.2 Å². The molecule has 0 amide bonds. The van der Waals surface area contributed by atoms with E-state index in [1.165, 1.54) is 18.2 Å². The lowest BCUT2D eigenvalue weighted by Gasteiger charge is -2.10. The molecule has 0 aromatic carbocycles. The molecule has 68 valence electrons. The molecule has 0 fully saturated rings. The van der Waals surface area contributed by atoms with Crippen LogP contribution in [0.2, 0.25) is 0 Å². The molecule has 1 rings (SSSR count). The summed E-state index contributed by atoms with van der Waals surface area (Å²) in [6.07, 6.45) is 3.98. The maximum absolute atomic E-state index is 11.3. The van der Waals surface area contributed by atoms with Gasteiger partial charge in [0.05, 0.1) is 5.57 Å². The molecule has 1 atom stereocenters. The number of rotatable bonds is 2. The first-order valence-corrected chi connectivity index (χ1v) is 4.11. The molecule has 0 saturated heterocycles. The van der Waals surface area contributed by atoms with Crippen LogP contribution in [0.4, 0.5) is 0 Å². The minimum Gasteiger partial charge on any atom is -0.293 e. The van der Waals surface area contributed by atoms with Gasteiger partial charge < -0.3 is 0 Å². The number of carbonyl (C=O) groups excluding carboxylic acids is 3. The quantitative estimate of drug-likeness (QED) is 0.398. The number of halogens is 2. The molecule has 0 aromatic rings. The van der Waals surface area contributed by atoms with Gasteiger partial charge in [-0.3, -0.25) is 14.4 Å². The molecule has 0 heterocycles. The van der Waals surface area contributed by atoms with Crippen molar-refractivity contribution in [3.05, 3.63) is 23.8 Å². The molecule has 3 nitrogen and oxygen atoms in total. The number of Topliss-reactive ketones (excluding diaryl/α,β-unsaturated/α-hetero) is 1. The van der Waals surface area contributed by atoms with Crippen LogP contribution in [0.25, 0.3) is 0 Å². The van der Waals surface area contributed by atoms with Crippen molar-refractivity contribution in [2.24, 2.45) is 5.92 Å². The SMILES string of the molecule is O=C(Cl)C1=CC=CC(C(=O)Cl)C1=O. The lowest BCUT2D eigenvalue weighted by molar-refractivity contribution is -0.125. The van der Waals surface area contributed by atoms with E-state index in [0.29, 0.717) is 0 Å². The molecule has 0 aliphatic heterocycles. The van der Waals surface area contributed by atoms with Crippen molar-refractivity contribution in [1.29, 1.82) is 0 Å². The Hall–Kier alpha value is -0.930. The Morgan fingerprint density at radius 2 is 1.92 bits per heavy atom. The third-order valence-corrected chi connectivity index (χ3v) is 2.01. The van der Waals surface area contributed by atoms with Gasteiger partial charge in [0.15, 0.2) is 5.78 Å². The van der Waals surface area contributed by atoms with Gasteiger partial charge in [-0.15, -0.1) is 0 Å². The summed E-state index contributed by atoms with van der Waals surface area (Å²) < 4.78 is 0. The summed E-state index contributed by atoms with van der Waals surface area (Å²) in [4.78, 5) is 32.6. The molecular formula is C8H4Cl2O3. The van der Waals surface area contributed by atoms with Crippen LogP contribution < -0.4 is 0 Å². The fraction of sp³-hybridized carbons (Fsp3) is 0.125. The highest BCUT2D eigenvalue weighted by Crippen LogP contribution is 2.18. The van der Waals surface area contributed by atoms with E-state index in [1.54, 1.807) is 0 Å². The highest BCUT2D eigenvalue weighted by atomic mass is 35.5. The normalized spacial score (nSPS) is 21.2. The first-order valence-electron chi connectivity index (χ1n) is 3.36. The summed E-state index contributed by atoms with van der Waals surface area (Å²) in [5.41, 5.74) is -0.205. The van der Waals surface area contributed by atoms with Crippen LogP contribution in [-0.2, 0) is 14.4 Å². The molecule has 0 spiro atoms. The van der Waals surface area contributed by atoms with Crippen molar-refractivity contribution in [2.75, 3.05) is 0 Å². The molecular weight excluding hydrogens is 215 g/mol. The van der Waals surface area contributed by atoms with E-state index < -0.39 is 22.2 Å². The molecule has 0 aromatic heterocycles. The van der Waals surface area contributed by atoms with E-state index >= 15 is 0 Å². The van der Waals surface area contributed by atoms with Crippen LogP contribution in [0.3, 0.4) is 0 Å². The Bertz CT molecular complexity index is 341. The Morgan fingerprint density at radius 3 is 2.38 bits per heavy atom. The van der Waals surface area contributed by atoms with Gasteiger partial charge in [-0.05, 0) is 29.3 Å². The number of carbonyl (C=O) groups is 3. The van der Waals surface area contributed by atoms with Crippen LogP contribution in [0, 0.1) is 5.92 Å². The second-order valence-corrected chi connectivity index (χ2v) is 3.10. The second-order valence-electron chi connectivity index (χ2n) is 2.38. The van der Waals surface area contributed by atoms with Crippen LogP contribution in [0.5, 0.6) is 0 Å². The first-order chi connectivity index (χ1) is 6.04. The number of ketones is 1. The highest BCUT2D eigenvalue weighted by Gasteiger charge is 2.29. The van der Waals surface area contributed by atoms with E-state index in [2.05, 4.69) is 0 Å². The van der Waals surface area contributed by atoms with E-state index in [0.717, 1.165) is 0 Å². The molecule has 1 unspecified atom stereocenters. The summed E-state index contributed by atoms with van der Waals surface area (Å²) >= 11 is 10.2. The number of hydrogen-bond donors (Lipinski definition) is 0. The molecule has 13 heavy (non-hydrogen) atoms. The van der Waals surface area contributed by atoms with E-state index in [9.17, 15) is 14.4 Å². The minimum absolute atomic E-state index is 0.205. The standard InChI is InChI=1S/C8H4Cl2O3/c9-7(12)4-2-1-3-5(6(4)11)8(10)13/h1-4H. The average Bonchev–Trinajstić information content (AvgIpc) is 2.03. The molecule has 0 radical (unpaired) electrons. The number of hydrogen-bond acceptors (Lipinski definition) is 3. The smallest absolute Gasteiger partial charge is 0.256 e. The van der Waals surface area contributed by atoms with Gasteiger partial charge in [0, 0.05) is 0 Å². The average molecular weight is 219 g/mol. The van der Waals surface area contributed by atoms with Crippen molar-refractivity contribution in [3.63, 3.8) is 0 Å². The monoisotopic (exact) mass is 218 g/mol. The van der Waals surface area contributed by atoms with Crippen molar-refractivity contribution < 1.29 is 14.4 Å². The van der Waals surface area contributed by atoms with Crippen LogP contribution in [-0.4, -0.2) is 16.3 Å². The van der Waals surface area contributed by atoms with Gasteiger partial charge in [-0.2, -0.15) is 0 Å². The van der Waals surface area contributed by atoms with E-state index in [-0.39, 0.29) is 5.57 Å². The summed E-state index contributed by atoms with van der Waals surface area (Å²) in [5.74, 6) is -1.73. The first kappa shape index (κ1) is 10.2. The predicted octanol–water partition coefficient (Wildman–Crippen LogP) is 1.20. The number of allylic oxidation sites excluding steroid dienone is 4. The Morgan fingerprint density at radius 1 is 1.31 bits per heavy atom. The second kappa shape index (κ2) is 3.85. The van der Waals surface area contributed by atoms with Gasteiger partial charge in [0.1, 0.15) is 5.92 Å². The molecule has 1 aliphatic carbocycles. The lowest BCUT2D eigenvalue weighted by Crippen LogP contribution is -2.24. The molecule has 0 N–H and O–H groups in total. The highest BCUT2D eigenvalue weighted by molar-refractivity contribution is 6.72. The summed E-state index contributed by atoms with van der Waals surface area (Å²) in [7, 11) is 0. The molecule has 5 heteroatoms. The third kappa shape index (κ3) is 2.05. The molecule has 0 bridgehead atoms. The Kier molecular flexibility index (Phi) is 3.01. The van der Waals surface area contributed by atoms with Gasteiger partial charge in [0.25, 0.3) is 5.24 Å². The molecule has 0 saturated carbocycles. The van der Waals surface area contributed by atoms with Crippen molar-refractivity contribution in [1.82, 2.24) is 0 Å². The Labute approximate surface area is 84.0 Å². The van der Waals surface area contributed by atoms with Gasteiger partial charge in [0.2, 0.25) is 5.24 Å². The largest absolute Gasteiger partial charge is 0.293 e. The predicted molar refractivity (Wildman–Crippen MR) is 47.4 cm³/mol. The minimum atomic E-state index is -1.08. The van der Waals surface area contributed by atoms with Crippen LogP contribution >= 0.6 is 23.2 Å². The van der Waals surface area contributed by atoms with E-state index in [1.807, 2.05) is 0 Å². The fourth-order valence-electron chi connectivity index (χ4n) is 0.941. The maximum Gasteiger partial charge on any atom is 0.256 e. The fourth-order valence-corrected chi connectivity index (χ4v) is 1.27. The zero-order valence-corrected chi connectivity index (χ0v) is 7.80. The van der Waals surface area contributed by atoms with E-state index in [4.69, 9.17) is 23.2 Å². The van der Waals surface area contributed by atoms with Crippen LogP contribution in [0.15, 0.2) is 23.8 Å².